The predicted molar refractivity (Wildman–Crippen MR) is 108 cm³/mol. The number of hydrogen-bond donors (Lipinski definition) is 0. The van der Waals surface area contributed by atoms with E-state index in [2.05, 4.69) is 16.2 Å². The highest BCUT2D eigenvalue weighted by atomic mass is 19.1. The summed E-state index contributed by atoms with van der Waals surface area (Å²) in [4.78, 5) is 19.2. The monoisotopic (exact) mass is 393 g/mol. The number of nitrogens with zero attached hydrogens (tertiary/aromatic N) is 3. The summed E-state index contributed by atoms with van der Waals surface area (Å²) in [5, 5.41) is 3.93. The SMILES string of the molecule is Cc1cc(C)cc(C(=O)N2CCCC(Cc3nc(-c4ccccc4F)no3)C2)c1. The first-order valence-corrected chi connectivity index (χ1v) is 9.94. The number of hydrogen-bond acceptors (Lipinski definition) is 4. The van der Waals surface area contributed by atoms with Crippen molar-refractivity contribution >= 4 is 5.91 Å². The van der Waals surface area contributed by atoms with Crippen molar-refractivity contribution in [1.29, 1.82) is 0 Å². The van der Waals surface area contributed by atoms with Crippen LogP contribution in [0.5, 0.6) is 0 Å². The second kappa shape index (κ2) is 8.15. The Balaban J connectivity index is 1.44. The predicted octanol–water partition coefficient (Wildman–Crippen LogP) is 4.59. The smallest absolute Gasteiger partial charge is 0.253 e. The molecule has 4 rings (SSSR count). The molecule has 29 heavy (non-hydrogen) atoms. The van der Waals surface area contributed by atoms with E-state index in [0.717, 1.165) is 36.1 Å². The second-order valence-electron chi connectivity index (χ2n) is 7.83. The molecule has 0 spiro atoms. The largest absolute Gasteiger partial charge is 0.339 e. The van der Waals surface area contributed by atoms with Gasteiger partial charge in [-0.2, -0.15) is 4.98 Å². The lowest BCUT2D eigenvalue weighted by molar-refractivity contribution is 0.0668. The van der Waals surface area contributed by atoms with Crippen molar-refractivity contribution in [2.75, 3.05) is 13.1 Å². The molecule has 1 amide bonds. The van der Waals surface area contributed by atoms with Crippen LogP contribution in [0.15, 0.2) is 47.0 Å². The number of carbonyl (C=O) groups excluding carboxylic acids is 1. The Morgan fingerprint density at radius 1 is 1.21 bits per heavy atom. The topological polar surface area (TPSA) is 59.2 Å². The van der Waals surface area contributed by atoms with Crippen molar-refractivity contribution in [2.24, 2.45) is 5.92 Å². The quantitative estimate of drug-likeness (QED) is 0.651. The van der Waals surface area contributed by atoms with E-state index in [4.69, 9.17) is 4.52 Å². The normalized spacial score (nSPS) is 16.8. The Bertz CT molecular complexity index is 1010. The molecule has 1 aromatic heterocycles. The summed E-state index contributed by atoms with van der Waals surface area (Å²) in [6.07, 6.45) is 2.52. The van der Waals surface area contributed by atoms with Gasteiger partial charge in [0.25, 0.3) is 5.91 Å². The average molecular weight is 393 g/mol. The van der Waals surface area contributed by atoms with E-state index in [1.165, 1.54) is 6.07 Å². The van der Waals surface area contributed by atoms with Crippen molar-refractivity contribution in [2.45, 2.75) is 33.1 Å². The van der Waals surface area contributed by atoms with Gasteiger partial charge in [-0.1, -0.05) is 34.5 Å². The summed E-state index contributed by atoms with van der Waals surface area (Å²) in [7, 11) is 0. The number of carbonyl (C=O) groups is 1. The van der Waals surface area contributed by atoms with Crippen LogP contribution in [0.2, 0.25) is 0 Å². The third kappa shape index (κ3) is 4.36. The molecule has 5 nitrogen and oxygen atoms in total. The number of halogens is 1. The third-order valence-electron chi connectivity index (χ3n) is 5.32. The van der Waals surface area contributed by atoms with Gasteiger partial charge < -0.3 is 9.42 Å². The zero-order chi connectivity index (χ0) is 20.4. The van der Waals surface area contributed by atoms with Crippen LogP contribution < -0.4 is 0 Å². The van der Waals surface area contributed by atoms with E-state index in [-0.39, 0.29) is 23.5 Å². The molecule has 2 aromatic carbocycles. The minimum atomic E-state index is -0.372. The molecule has 0 bridgehead atoms. The first kappa shape index (κ1) is 19.3. The van der Waals surface area contributed by atoms with Crippen molar-refractivity contribution < 1.29 is 13.7 Å². The summed E-state index contributed by atoms with van der Waals surface area (Å²) in [6, 6.07) is 12.3. The lowest BCUT2D eigenvalue weighted by Crippen LogP contribution is -2.40. The van der Waals surface area contributed by atoms with Crippen molar-refractivity contribution in [3.05, 3.63) is 70.9 Å². The first-order chi connectivity index (χ1) is 14.0. The fourth-order valence-corrected chi connectivity index (χ4v) is 4.03. The van der Waals surface area contributed by atoms with E-state index in [9.17, 15) is 9.18 Å². The Kier molecular flexibility index (Phi) is 5.43. The highest BCUT2D eigenvalue weighted by molar-refractivity contribution is 5.94. The van der Waals surface area contributed by atoms with Gasteiger partial charge in [-0.25, -0.2) is 4.39 Å². The maximum absolute atomic E-state index is 13.9. The molecule has 1 unspecified atom stereocenters. The van der Waals surface area contributed by atoms with Crippen LogP contribution in [0, 0.1) is 25.6 Å². The number of piperidine rings is 1. The van der Waals surface area contributed by atoms with E-state index < -0.39 is 0 Å². The van der Waals surface area contributed by atoms with Gasteiger partial charge in [-0.15, -0.1) is 0 Å². The maximum atomic E-state index is 13.9. The molecular weight excluding hydrogens is 369 g/mol. The van der Waals surface area contributed by atoms with Crippen LogP contribution >= 0.6 is 0 Å². The molecule has 1 atom stereocenters. The third-order valence-corrected chi connectivity index (χ3v) is 5.32. The number of amides is 1. The summed E-state index contributed by atoms with van der Waals surface area (Å²) in [5.41, 5.74) is 3.25. The van der Waals surface area contributed by atoms with Gasteiger partial charge in [0.15, 0.2) is 0 Å². The zero-order valence-electron chi connectivity index (χ0n) is 16.7. The highest BCUT2D eigenvalue weighted by Crippen LogP contribution is 2.24. The number of rotatable bonds is 4. The molecule has 1 saturated heterocycles. The van der Waals surface area contributed by atoms with E-state index in [1.54, 1.807) is 18.2 Å². The molecule has 2 heterocycles. The minimum absolute atomic E-state index is 0.0686. The zero-order valence-corrected chi connectivity index (χ0v) is 16.7. The molecule has 3 aromatic rings. The Hall–Kier alpha value is -3.02. The maximum Gasteiger partial charge on any atom is 0.253 e. The van der Waals surface area contributed by atoms with Crippen molar-refractivity contribution in [3.63, 3.8) is 0 Å². The summed E-state index contributed by atoms with van der Waals surface area (Å²) in [6.45, 7) is 5.42. The molecule has 1 fully saturated rings. The molecule has 0 N–H and O–H groups in total. The highest BCUT2D eigenvalue weighted by Gasteiger charge is 2.26. The second-order valence-corrected chi connectivity index (χ2v) is 7.83. The number of likely N-dealkylation sites (tertiary alicyclic amines) is 1. The van der Waals surface area contributed by atoms with Gasteiger partial charge in [0.05, 0.1) is 5.56 Å². The van der Waals surface area contributed by atoms with Gasteiger partial charge in [0, 0.05) is 25.1 Å². The number of benzene rings is 2. The van der Waals surface area contributed by atoms with Crippen LogP contribution in [0.4, 0.5) is 4.39 Å². The van der Waals surface area contributed by atoms with Crippen LogP contribution in [0.1, 0.15) is 40.2 Å². The van der Waals surface area contributed by atoms with Crippen LogP contribution in [-0.4, -0.2) is 34.0 Å². The number of aromatic nitrogens is 2. The molecule has 1 aliphatic rings. The van der Waals surface area contributed by atoms with Gasteiger partial charge in [0.1, 0.15) is 5.82 Å². The fraction of sp³-hybridized carbons (Fsp3) is 0.348. The summed E-state index contributed by atoms with van der Waals surface area (Å²) in [5.74, 6) is 0.681. The summed E-state index contributed by atoms with van der Waals surface area (Å²) < 4.78 is 19.3. The van der Waals surface area contributed by atoms with Gasteiger partial charge in [-0.05, 0) is 56.9 Å². The van der Waals surface area contributed by atoms with Gasteiger partial charge in [0.2, 0.25) is 11.7 Å². The van der Waals surface area contributed by atoms with E-state index in [1.807, 2.05) is 30.9 Å². The van der Waals surface area contributed by atoms with Crippen LogP contribution in [0.25, 0.3) is 11.4 Å². The molecular formula is C23H24FN3O2. The number of aryl methyl sites for hydroxylation is 2. The Labute approximate surface area is 169 Å². The molecule has 0 saturated carbocycles. The standard InChI is InChI=1S/C23H24FN3O2/c1-15-10-16(2)12-18(11-15)23(28)27-9-5-6-17(14-27)13-21-25-22(26-29-21)19-7-3-4-8-20(19)24/h3-4,7-8,10-12,17H,5-6,9,13-14H2,1-2H3. The molecule has 0 aliphatic carbocycles. The molecule has 1 aliphatic heterocycles. The van der Waals surface area contributed by atoms with Crippen molar-refractivity contribution in [3.8, 4) is 11.4 Å². The van der Waals surface area contributed by atoms with Crippen LogP contribution in [0.3, 0.4) is 0 Å². The lowest BCUT2D eigenvalue weighted by atomic mass is 9.94. The summed E-state index contributed by atoms with van der Waals surface area (Å²) >= 11 is 0. The molecule has 0 radical (unpaired) electrons. The molecule has 6 heteroatoms. The Morgan fingerprint density at radius 2 is 1.97 bits per heavy atom. The Morgan fingerprint density at radius 3 is 2.72 bits per heavy atom. The lowest BCUT2D eigenvalue weighted by Gasteiger charge is -2.32. The van der Waals surface area contributed by atoms with Gasteiger partial charge in [-0.3, -0.25) is 4.79 Å². The minimum Gasteiger partial charge on any atom is -0.339 e. The average Bonchev–Trinajstić information content (AvgIpc) is 3.15. The fourth-order valence-electron chi connectivity index (χ4n) is 4.03. The van der Waals surface area contributed by atoms with Gasteiger partial charge >= 0.3 is 0 Å². The van der Waals surface area contributed by atoms with E-state index >= 15 is 0 Å². The van der Waals surface area contributed by atoms with Crippen molar-refractivity contribution in [1.82, 2.24) is 15.0 Å². The van der Waals surface area contributed by atoms with E-state index in [0.29, 0.717) is 24.4 Å². The first-order valence-electron chi connectivity index (χ1n) is 9.94. The molecule has 150 valence electrons. The van der Waals surface area contributed by atoms with Crippen LogP contribution in [-0.2, 0) is 6.42 Å².